The van der Waals surface area contributed by atoms with E-state index in [1.165, 1.54) is 11.0 Å². The SMILES string of the molecule is CCN(C(=O)CNC(=O)OC(C)(C)C)C(C(=O)NC(C)(C)C)c1ccccc1O. The Kier molecular flexibility index (Phi) is 8.05. The zero-order valence-corrected chi connectivity index (χ0v) is 18.3. The van der Waals surface area contributed by atoms with Gasteiger partial charge in [-0.1, -0.05) is 18.2 Å². The van der Waals surface area contributed by atoms with Crippen molar-refractivity contribution in [2.45, 2.75) is 65.6 Å². The van der Waals surface area contributed by atoms with Crippen LogP contribution in [0.4, 0.5) is 4.79 Å². The zero-order valence-electron chi connectivity index (χ0n) is 18.3. The molecule has 0 saturated heterocycles. The van der Waals surface area contributed by atoms with Crippen molar-refractivity contribution < 1.29 is 24.2 Å². The fourth-order valence-electron chi connectivity index (χ4n) is 2.67. The Morgan fingerprint density at radius 2 is 1.69 bits per heavy atom. The third-order valence-corrected chi connectivity index (χ3v) is 3.73. The molecule has 0 fully saturated rings. The molecule has 0 spiro atoms. The topological polar surface area (TPSA) is 108 Å². The molecule has 162 valence electrons. The smallest absolute Gasteiger partial charge is 0.408 e. The van der Waals surface area contributed by atoms with E-state index in [9.17, 15) is 19.5 Å². The molecule has 3 N–H and O–H groups in total. The van der Waals surface area contributed by atoms with Gasteiger partial charge in [0.25, 0.3) is 0 Å². The van der Waals surface area contributed by atoms with Gasteiger partial charge in [0.05, 0.1) is 0 Å². The number of nitrogens with one attached hydrogen (secondary N) is 2. The number of hydrogen-bond acceptors (Lipinski definition) is 5. The molecule has 29 heavy (non-hydrogen) atoms. The largest absolute Gasteiger partial charge is 0.508 e. The number of ether oxygens (including phenoxy) is 1. The lowest BCUT2D eigenvalue weighted by Gasteiger charge is -2.33. The first kappa shape index (κ1) is 24.3. The summed E-state index contributed by atoms with van der Waals surface area (Å²) in [5.74, 6) is -0.991. The minimum atomic E-state index is -1.05. The van der Waals surface area contributed by atoms with Crippen LogP contribution in [0.25, 0.3) is 0 Å². The van der Waals surface area contributed by atoms with Gasteiger partial charge in [0.2, 0.25) is 11.8 Å². The lowest BCUT2D eigenvalue weighted by atomic mass is 10.0. The average Bonchev–Trinajstić information content (AvgIpc) is 2.55. The lowest BCUT2D eigenvalue weighted by molar-refractivity contribution is -0.140. The van der Waals surface area contributed by atoms with E-state index in [2.05, 4.69) is 10.6 Å². The molecule has 0 aliphatic carbocycles. The second-order valence-electron chi connectivity index (χ2n) is 8.74. The Hall–Kier alpha value is -2.77. The maximum absolute atomic E-state index is 13.0. The lowest BCUT2D eigenvalue weighted by Crippen LogP contribution is -2.51. The predicted molar refractivity (Wildman–Crippen MR) is 110 cm³/mol. The molecule has 8 heteroatoms. The molecule has 1 aromatic carbocycles. The van der Waals surface area contributed by atoms with E-state index >= 15 is 0 Å². The highest BCUT2D eigenvalue weighted by Crippen LogP contribution is 2.29. The van der Waals surface area contributed by atoms with E-state index < -0.39 is 35.1 Å². The molecule has 3 amide bonds. The average molecular weight is 408 g/mol. The van der Waals surface area contributed by atoms with Gasteiger partial charge >= 0.3 is 6.09 Å². The number of phenolic OH excluding ortho intramolecular Hbond substituents is 1. The van der Waals surface area contributed by atoms with Crippen LogP contribution in [0.5, 0.6) is 5.75 Å². The van der Waals surface area contributed by atoms with Crippen molar-refractivity contribution in [2.75, 3.05) is 13.1 Å². The Morgan fingerprint density at radius 3 is 2.17 bits per heavy atom. The predicted octanol–water partition coefficient (Wildman–Crippen LogP) is 2.72. The van der Waals surface area contributed by atoms with Crippen LogP contribution in [0.3, 0.4) is 0 Å². The van der Waals surface area contributed by atoms with Crippen LogP contribution in [0.2, 0.25) is 0 Å². The Morgan fingerprint density at radius 1 is 1.10 bits per heavy atom. The summed E-state index contributed by atoms with van der Waals surface area (Å²) < 4.78 is 5.14. The van der Waals surface area contributed by atoms with E-state index in [4.69, 9.17) is 4.74 Å². The van der Waals surface area contributed by atoms with E-state index in [-0.39, 0.29) is 18.8 Å². The van der Waals surface area contributed by atoms with Gasteiger partial charge < -0.3 is 25.4 Å². The number of rotatable bonds is 6. The minimum Gasteiger partial charge on any atom is -0.508 e. The normalized spacial score (nSPS) is 12.7. The molecule has 0 radical (unpaired) electrons. The number of para-hydroxylation sites is 1. The Labute approximate surface area is 172 Å². The summed E-state index contributed by atoms with van der Waals surface area (Å²) in [6.45, 7) is 12.2. The van der Waals surface area contributed by atoms with Crippen molar-refractivity contribution in [1.29, 1.82) is 0 Å². The molecular formula is C21H33N3O5. The molecule has 0 aliphatic rings. The summed E-state index contributed by atoms with van der Waals surface area (Å²) in [5.41, 5.74) is -0.916. The van der Waals surface area contributed by atoms with Crippen LogP contribution >= 0.6 is 0 Å². The molecule has 0 aromatic heterocycles. The maximum atomic E-state index is 13.0. The van der Waals surface area contributed by atoms with Crippen LogP contribution in [-0.2, 0) is 14.3 Å². The van der Waals surface area contributed by atoms with Crippen LogP contribution in [-0.4, -0.2) is 52.1 Å². The van der Waals surface area contributed by atoms with Gasteiger partial charge in [-0.25, -0.2) is 4.79 Å². The van der Waals surface area contributed by atoms with Gasteiger partial charge in [0, 0.05) is 17.6 Å². The van der Waals surface area contributed by atoms with Crippen LogP contribution < -0.4 is 10.6 Å². The summed E-state index contributed by atoms with van der Waals surface area (Å²) >= 11 is 0. The third kappa shape index (κ3) is 8.01. The number of aromatic hydroxyl groups is 1. The molecule has 0 aliphatic heterocycles. The van der Waals surface area contributed by atoms with Crippen molar-refractivity contribution in [1.82, 2.24) is 15.5 Å². The van der Waals surface area contributed by atoms with Gasteiger partial charge in [-0.3, -0.25) is 9.59 Å². The molecule has 0 heterocycles. The standard InChI is InChI=1S/C21H33N3O5/c1-8-24(16(26)13-22-19(28)29-21(5,6)7)17(18(27)23-20(2,3)4)14-11-9-10-12-15(14)25/h9-12,17,25H,8,13H2,1-7H3,(H,22,28)(H,23,27). The number of phenols is 1. The van der Waals surface area contributed by atoms with Gasteiger partial charge in [0.15, 0.2) is 0 Å². The number of likely N-dealkylation sites (N-methyl/N-ethyl adjacent to an activating group) is 1. The monoisotopic (exact) mass is 407 g/mol. The van der Waals surface area contributed by atoms with Crippen LogP contribution in [0, 0.1) is 0 Å². The van der Waals surface area contributed by atoms with E-state index in [1.807, 2.05) is 20.8 Å². The number of benzene rings is 1. The van der Waals surface area contributed by atoms with Gasteiger partial charge in [-0.15, -0.1) is 0 Å². The molecule has 1 atom stereocenters. The number of nitrogens with zero attached hydrogens (tertiary/aromatic N) is 1. The highest BCUT2D eigenvalue weighted by atomic mass is 16.6. The maximum Gasteiger partial charge on any atom is 0.408 e. The van der Waals surface area contributed by atoms with E-state index in [0.29, 0.717) is 5.56 Å². The van der Waals surface area contributed by atoms with Crippen LogP contribution in [0.15, 0.2) is 24.3 Å². The first-order chi connectivity index (χ1) is 13.2. The second-order valence-corrected chi connectivity index (χ2v) is 8.74. The van der Waals surface area contributed by atoms with Crippen molar-refractivity contribution in [3.8, 4) is 5.75 Å². The van der Waals surface area contributed by atoms with Crippen molar-refractivity contribution in [3.05, 3.63) is 29.8 Å². The molecule has 8 nitrogen and oxygen atoms in total. The zero-order chi connectivity index (χ0) is 22.4. The number of carbonyl (C=O) groups is 3. The fraction of sp³-hybridized carbons (Fsp3) is 0.571. The number of amides is 3. The molecule has 1 aromatic rings. The van der Waals surface area contributed by atoms with Crippen molar-refractivity contribution in [3.63, 3.8) is 0 Å². The molecule has 1 rings (SSSR count). The highest BCUT2D eigenvalue weighted by molar-refractivity contribution is 5.91. The van der Waals surface area contributed by atoms with E-state index in [0.717, 1.165) is 0 Å². The number of hydrogen-bond donors (Lipinski definition) is 3. The Balaban J connectivity index is 3.10. The second kappa shape index (κ2) is 9.62. The van der Waals surface area contributed by atoms with Crippen molar-refractivity contribution >= 4 is 17.9 Å². The summed E-state index contributed by atoms with van der Waals surface area (Å²) in [7, 11) is 0. The molecule has 0 bridgehead atoms. The first-order valence-electron chi connectivity index (χ1n) is 9.61. The first-order valence-corrected chi connectivity index (χ1v) is 9.61. The van der Waals surface area contributed by atoms with E-state index in [1.54, 1.807) is 45.9 Å². The summed E-state index contributed by atoms with van der Waals surface area (Å²) in [6.07, 6.45) is -0.722. The molecule has 0 saturated carbocycles. The minimum absolute atomic E-state index is 0.0899. The number of carbonyl (C=O) groups excluding carboxylic acids is 3. The van der Waals surface area contributed by atoms with Crippen LogP contribution in [0.1, 0.15) is 60.1 Å². The summed E-state index contributed by atoms with van der Waals surface area (Å²) in [5, 5.41) is 15.6. The fourth-order valence-corrected chi connectivity index (χ4v) is 2.67. The third-order valence-electron chi connectivity index (χ3n) is 3.73. The van der Waals surface area contributed by atoms with Gasteiger partial charge in [-0.05, 0) is 54.5 Å². The van der Waals surface area contributed by atoms with Gasteiger partial charge in [0.1, 0.15) is 23.9 Å². The number of alkyl carbamates (subject to hydrolysis) is 1. The van der Waals surface area contributed by atoms with Crippen molar-refractivity contribution in [2.24, 2.45) is 0 Å². The molecule has 1 unspecified atom stereocenters. The summed E-state index contributed by atoms with van der Waals surface area (Å²) in [6, 6.07) is 5.33. The van der Waals surface area contributed by atoms with Gasteiger partial charge in [-0.2, -0.15) is 0 Å². The highest BCUT2D eigenvalue weighted by Gasteiger charge is 2.34. The quantitative estimate of drug-likeness (QED) is 0.672. The Bertz CT molecular complexity index is 735. The molecular weight excluding hydrogens is 374 g/mol. The summed E-state index contributed by atoms with van der Waals surface area (Å²) in [4.78, 5) is 39.0.